The van der Waals surface area contributed by atoms with Crippen molar-refractivity contribution in [3.8, 4) is 16.9 Å². The van der Waals surface area contributed by atoms with Gasteiger partial charge < -0.3 is 5.11 Å². The van der Waals surface area contributed by atoms with Gasteiger partial charge in [0.05, 0.1) is 12.3 Å². The molecule has 22 heavy (non-hydrogen) atoms. The smallest absolute Gasteiger partial charge is 0.117 e. The first kappa shape index (κ1) is 14.5. The second kappa shape index (κ2) is 6.12. The van der Waals surface area contributed by atoms with Gasteiger partial charge >= 0.3 is 0 Å². The Morgan fingerprint density at radius 3 is 2.41 bits per heavy atom. The summed E-state index contributed by atoms with van der Waals surface area (Å²) in [6.45, 7) is 4.05. The summed E-state index contributed by atoms with van der Waals surface area (Å²) in [5, 5.41) is 18.0. The minimum absolute atomic E-state index is 0.128. The maximum Gasteiger partial charge on any atom is 0.117 e. The number of hydrogen-bond donors (Lipinski definition) is 1. The zero-order valence-electron chi connectivity index (χ0n) is 12.8. The molecule has 0 aliphatic carbocycles. The maximum atomic E-state index is 9.60. The number of nitrogens with zero attached hydrogens (tertiary/aromatic N) is 3. The van der Waals surface area contributed by atoms with Crippen LogP contribution in [0.3, 0.4) is 0 Å². The van der Waals surface area contributed by atoms with Crippen LogP contribution in [0.15, 0.2) is 48.5 Å². The SMILES string of the molecule is CCc1ccc(-n2nnc(CO)c2-c2ccccc2C)cc1. The number of aryl methyl sites for hydroxylation is 2. The van der Waals surface area contributed by atoms with Crippen LogP contribution in [-0.2, 0) is 13.0 Å². The van der Waals surface area contributed by atoms with Crippen LogP contribution in [0.1, 0.15) is 23.7 Å². The molecule has 112 valence electrons. The average molecular weight is 293 g/mol. The molecule has 0 saturated carbocycles. The van der Waals surface area contributed by atoms with Crippen LogP contribution in [-0.4, -0.2) is 20.1 Å². The molecule has 0 bridgehead atoms. The minimum atomic E-state index is -0.128. The second-order valence-electron chi connectivity index (χ2n) is 5.29. The van der Waals surface area contributed by atoms with Crippen LogP contribution in [0, 0.1) is 6.92 Å². The Kier molecular flexibility index (Phi) is 4.02. The van der Waals surface area contributed by atoms with Crippen molar-refractivity contribution in [2.24, 2.45) is 0 Å². The Balaban J connectivity index is 2.17. The van der Waals surface area contributed by atoms with Gasteiger partial charge in [-0.05, 0) is 36.6 Å². The summed E-state index contributed by atoms with van der Waals surface area (Å²) in [6.07, 6.45) is 1.00. The number of benzene rings is 2. The summed E-state index contributed by atoms with van der Waals surface area (Å²) in [5.41, 5.74) is 5.84. The van der Waals surface area contributed by atoms with Crippen LogP contribution >= 0.6 is 0 Å². The zero-order chi connectivity index (χ0) is 15.5. The van der Waals surface area contributed by atoms with E-state index in [9.17, 15) is 5.11 Å². The van der Waals surface area contributed by atoms with Crippen molar-refractivity contribution in [1.82, 2.24) is 15.0 Å². The van der Waals surface area contributed by atoms with Crippen LogP contribution in [0.4, 0.5) is 0 Å². The summed E-state index contributed by atoms with van der Waals surface area (Å²) in [5.74, 6) is 0. The molecule has 4 nitrogen and oxygen atoms in total. The molecular weight excluding hydrogens is 274 g/mol. The van der Waals surface area contributed by atoms with Gasteiger partial charge in [-0.3, -0.25) is 0 Å². The van der Waals surface area contributed by atoms with E-state index < -0.39 is 0 Å². The third-order valence-corrected chi connectivity index (χ3v) is 3.88. The van der Waals surface area contributed by atoms with Gasteiger partial charge in [0.25, 0.3) is 0 Å². The highest BCUT2D eigenvalue weighted by atomic mass is 16.3. The van der Waals surface area contributed by atoms with Crippen molar-refractivity contribution < 1.29 is 5.11 Å². The maximum absolute atomic E-state index is 9.60. The number of rotatable bonds is 4. The highest BCUT2D eigenvalue weighted by Crippen LogP contribution is 2.28. The number of hydrogen-bond acceptors (Lipinski definition) is 3. The van der Waals surface area contributed by atoms with Crippen molar-refractivity contribution in [2.45, 2.75) is 26.9 Å². The fourth-order valence-electron chi connectivity index (χ4n) is 2.58. The third-order valence-electron chi connectivity index (χ3n) is 3.88. The fraction of sp³-hybridized carbons (Fsp3) is 0.222. The van der Waals surface area contributed by atoms with Crippen molar-refractivity contribution in [3.63, 3.8) is 0 Å². The lowest BCUT2D eigenvalue weighted by Crippen LogP contribution is -2.01. The van der Waals surface area contributed by atoms with Crippen molar-refractivity contribution >= 4 is 0 Å². The molecule has 1 heterocycles. The van der Waals surface area contributed by atoms with E-state index in [1.54, 1.807) is 4.68 Å². The van der Waals surface area contributed by atoms with Crippen molar-refractivity contribution in [1.29, 1.82) is 0 Å². The Bertz CT molecular complexity index is 775. The first-order valence-electron chi connectivity index (χ1n) is 7.45. The monoisotopic (exact) mass is 293 g/mol. The van der Waals surface area contributed by atoms with Gasteiger partial charge in [-0.2, -0.15) is 0 Å². The highest BCUT2D eigenvalue weighted by molar-refractivity contribution is 5.67. The lowest BCUT2D eigenvalue weighted by molar-refractivity contribution is 0.277. The Hall–Kier alpha value is -2.46. The van der Waals surface area contributed by atoms with E-state index in [4.69, 9.17) is 0 Å². The van der Waals surface area contributed by atoms with E-state index in [1.807, 2.05) is 43.3 Å². The standard InChI is InChI=1S/C18H19N3O/c1-3-14-8-10-15(11-9-14)21-18(17(12-22)19-20-21)16-7-5-4-6-13(16)2/h4-11,22H,3,12H2,1-2H3. The molecule has 4 heteroatoms. The molecule has 1 aromatic heterocycles. The molecule has 1 N–H and O–H groups in total. The normalized spacial score (nSPS) is 10.9. The summed E-state index contributed by atoms with van der Waals surface area (Å²) < 4.78 is 1.80. The van der Waals surface area contributed by atoms with Gasteiger partial charge in [0.15, 0.2) is 0 Å². The predicted octanol–water partition coefficient (Wildman–Crippen LogP) is 3.30. The van der Waals surface area contributed by atoms with Crippen LogP contribution in [0.25, 0.3) is 16.9 Å². The summed E-state index contributed by atoms with van der Waals surface area (Å²) >= 11 is 0. The predicted molar refractivity (Wildman–Crippen MR) is 86.8 cm³/mol. The number of aromatic nitrogens is 3. The first-order chi connectivity index (χ1) is 10.7. The largest absolute Gasteiger partial charge is 0.390 e. The summed E-state index contributed by atoms with van der Waals surface area (Å²) in [6, 6.07) is 16.3. The second-order valence-corrected chi connectivity index (χ2v) is 5.29. The van der Waals surface area contributed by atoms with Gasteiger partial charge in [-0.15, -0.1) is 5.10 Å². The highest BCUT2D eigenvalue weighted by Gasteiger charge is 2.17. The molecule has 3 rings (SSSR count). The molecule has 0 atom stereocenters. The molecule has 2 aromatic carbocycles. The molecule has 0 unspecified atom stereocenters. The Morgan fingerprint density at radius 1 is 1.05 bits per heavy atom. The number of aliphatic hydroxyl groups excluding tert-OH is 1. The van der Waals surface area contributed by atoms with E-state index in [0.717, 1.165) is 28.9 Å². The van der Waals surface area contributed by atoms with Crippen LogP contribution < -0.4 is 0 Å². The molecule has 0 fully saturated rings. The van der Waals surface area contributed by atoms with Gasteiger partial charge in [0, 0.05) is 5.56 Å². The van der Waals surface area contributed by atoms with E-state index in [-0.39, 0.29) is 6.61 Å². The van der Waals surface area contributed by atoms with Crippen LogP contribution in [0.5, 0.6) is 0 Å². The summed E-state index contributed by atoms with van der Waals surface area (Å²) in [7, 11) is 0. The molecule has 3 aromatic rings. The van der Waals surface area contributed by atoms with Gasteiger partial charge in [0.2, 0.25) is 0 Å². The van der Waals surface area contributed by atoms with E-state index in [0.29, 0.717) is 5.69 Å². The molecule has 0 amide bonds. The lowest BCUT2D eigenvalue weighted by atomic mass is 10.0. The fourth-order valence-corrected chi connectivity index (χ4v) is 2.58. The molecule has 0 aliphatic heterocycles. The third kappa shape index (κ3) is 2.53. The molecule has 0 radical (unpaired) electrons. The van der Waals surface area contributed by atoms with Gasteiger partial charge in [-0.1, -0.05) is 48.5 Å². The average Bonchev–Trinajstić information content (AvgIpc) is 2.99. The topological polar surface area (TPSA) is 50.9 Å². The first-order valence-corrected chi connectivity index (χ1v) is 7.45. The quantitative estimate of drug-likeness (QED) is 0.803. The van der Waals surface area contributed by atoms with Gasteiger partial charge in [0.1, 0.15) is 11.4 Å². The Morgan fingerprint density at radius 2 is 1.77 bits per heavy atom. The molecular formula is C18H19N3O. The lowest BCUT2D eigenvalue weighted by Gasteiger charge is -2.10. The van der Waals surface area contributed by atoms with Crippen molar-refractivity contribution in [3.05, 3.63) is 65.4 Å². The molecule has 0 saturated heterocycles. The van der Waals surface area contributed by atoms with Crippen molar-refractivity contribution in [2.75, 3.05) is 0 Å². The summed E-state index contributed by atoms with van der Waals surface area (Å²) in [4.78, 5) is 0. The van der Waals surface area contributed by atoms with Crippen LogP contribution in [0.2, 0.25) is 0 Å². The number of aliphatic hydroxyl groups is 1. The zero-order valence-corrected chi connectivity index (χ0v) is 12.8. The van der Waals surface area contributed by atoms with Gasteiger partial charge in [-0.25, -0.2) is 4.68 Å². The molecule has 0 aliphatic rings. The Labute approximate surface area is 130 Å². The van der Waals surface area contributed by atoms with E-state index in [1.165, 1.54) is 5.56 Å². The van der Waals surface area contributed by atoms with E-state index >= 15 is 0 Å². The van der Waals surface area contributed by atoms with E-state index in [2.05, 4.69) is 29.4 Å². The minimum Gasteiger partial charge on any atom is -0.390 e. The molecule has 0 spiro atoms.